The Morgan fingerprint density at radius 2 is 1.70 bits per heavy atom. The Hall–Kier alpha value is -4.35. The second-order valence-electron chi connectivity index (χ2n) is 6.62. The molecule has 0 saturated heterocycles. The normalized spacial score (nSPS) is 10.6. The molecule has 5 nitrogen and oxygen atoms in total. The number of nitrogens with one attached hydrogen (secondary N) is 1. The van der Waals surface area contributed by atoms with Crippen LogP contribution in [0.4, 0.5) is 5.69 Å². The molecule has 0 bridgehead atoms. The van der Waals surface area contributed by atoms with E-state index in [4.69, 9.17) is 10.00 Å². The zero-order valence-corrected chi connectivity index (χ0v) is 16.4. The fourth-order valence-electron chi connectivity index (χ4n) is 2.73. The zero-order valence-electron chi connectivity index (χ0n) is 16.4. The second kappa shape index (κ2) is 9.73. The number of nitriles is 2. The molecule has 0 heterocycles. The Labute approximate surface area is 175 Å². The van der Waals surface area contributed by atoms with Gasteiger partial charge in [0.1, 0.15) is 24.0 Å². The minimum atomic E-state index is -0.463. The molecule has 5 heteroatoms. The topological polar surface area (TPSA) is 85.9 Å². The summed E-state index contributed by atoms with van der Waals surface area (Å²) in [7, 11) is 0. The average Bonchev–Trinajstić information content (AvgIpc) is 2.78. The van der Waals surface area contributed by atoms with Crippen molar-refractivity contribution >= 4 is 17.7 Å². The van der Waals surface area contributed by atoms with Crippen molar-refractivity contribution in [1.82, 2.24) is 0 Å². The van der Waals surface area contributed by atoms with E-state index in [1.165, 1.54) is 6.08 Å². The Morgan fingerprint density at radius 3 is 2.37 bits per heavy atom. The van der Waals surface area contributed by atoms with E-state index >= 15 is 0 Å². The molecule has 3 aromatic rings. The molecule has 0 aliphatic rings. The van der Waals surface area contributed by atoms with Crippen molar-refractivity contribution in [3.63, 3.8) is 0 Å². The van der Waals surface area contributed by atoms with Gasteiger partial charge in [0.15, 0.2) is 0 Å². The molecule has 0 unspecified atom stereocenters. The first-order valence-corrected chi connectivity index (χ1v) is 9.30. The smallest absolute Gasteiger partial charge is 0.266 e. The molecule has 0 radical (unpaired) electrons. The van der Waals surface area contributed by atoms with Gasteiger partial charge in [-0.15, -0.1) is 0 Å². The first kappa shape index (κ1) is 20.4. The number of benzene rings is 3. The summed E-state index contributed by atoms with van der Waals surface area (Å²) in [6.07, 6.45) is 1.53. The molecule has 0 aromatic heterocycles. The standard InChI is InChI=1S/C25H19N3O2/c1-18-6-10-23(11-7-18)28-25(29)22(16-27)14-19-8-12-24(13-9-19)30-17-21-5-3-2-4-20(21)15-26/h2-14H,17H2,1H3,(H,28,29)/b22-14+. The van der Waals surface area contributed by atoms with Crippen LogP contribution in [-0.4, -0.2) is 5.91 Å². The van der Waals surface area contributed by atoms with Gasteiger partial charge >= 0.3 is 0 Å². The quantitative estimate of drug-likeness (QED) is 0.472. The molecular weight excluding hydrogens is 374 g/mol. The fraction of sp³-hybridized carbons (Fsp3) is 0.0800. The fourth-order valence-corrected chi connectivity index (χ4v) is 2.73. The van der Waals surface area contributed by atoms with E-state index in [0.29, 0.717) is 22.6 Å². The monoisotopic (exact) mass is 393 g/mol. The number of carbonyl (C=O) groups excluding carboxylic acids is 1. The zero-order chi connectivity index (χ0) is 21.3. The van der Waals surface area contributed by atoms with Crippen LogP contribution in [0.25, 0.3) is 6.08 Å². The lowest BCUT2D eigenvalue weighted by molar-refractivity contribution is -0.112. The van der Waals surface area contributed by atoms with E-state index in [2.05, 4.69) is 11.4 Å². The molecule has 3 rings (SSSR count). The molecule has 3 aromatic carbocycles. The summed E-state index contributed by atoms with van der Waals surface area (Å²) in [5, 5.41) is 21.2. The number of hydrogen-bond donors (Lipinski definition) is 1. The van der Waals surface area contributed by atoms with Crippen LogP contribution in [0.1, 0.15) is 22.3 Å². The summed E-state index contributed by atoms with van der Waals surface area (Å²) in [5.41, 5.74) is 3.82. The third kappa shape index (κ3) is 5.34. The number of amides is 1. The maximum atomic E-state index is 12.4. The van der Waals surface area contributed by atoms with Crippen LogP contribution in [0.5, 0.6) is 5.75 Å². The predicted molar refractivity (Wildman–Crippen MR) is 115 cm³/mol. The van der Waals surface area contributed by atoms with E-state index in [0.717, 1.165) is 11.1 Å². The van der Waals surface area contributed by atoms with Gasteiger partial charge in [-0.1, -0.05) is 48.0 Å². The minimum Gasteiger partial charge on any atom is -0.489 e. The van der Waals surface area contributed by atoms with Crippen molar-refractivity contribution in [1.29, 1.82) is 10.5 Å². The summed E-state index contributed by atoms with van der Waals surface area (Å²) in [6.45, 7) is 2.24. The highest BCUT2D eigenvalue weighted by Crippen LogP contribution is 2.18. The van der Waals surface area contributed by atoms with Crippen LogP contribution >= 0.6 is 0 Å². The van der Waals surface area contributed by atoms with Crippen molar-refractivity contribution in [3.8, 4) is 17.9 Å². The second-order valence-corrected chi connectivity index (χ2v) is 6.62. The van der Waals surface area contributed by atoms with E-state index < -0.39 is 5.91 Å². The maximum absolute atomic E-state index is 12.4. The molecule has 146 valence electrons. The lowest BCUT2D eigenvalue weighted by Crippen LogP contribution is -2.13. The molecule has 1 amide bonds. The first-order valence-electron chi connectivity index (χ1n) is 9.30. The highest BCUT2D eigenvalue weighted by Gasteiger charge is 2.09. The molecular formula is C25H19N3O2. The van der Waals surface area contributed by atoms with E-state index in [9.17, 15) is 10.1 Å². The van der Waals surface area contributed by atoms with Gasteiger partial charge in [0, 0.05) is 11.3 Å². The van der Waals surface area contributed by atoms with Gasteiger partial charge in [-0.25, -0.2) is 0 Å². The van der Waals surface area contributed by atoms with Crippen molar-refractivity contribution in [2.75, 3.05) is 5.32 Å². The Balaban J connectivity index is 1.66. The highest BCUT2D eigenvalue weighted by atomic mass is 16.5. The number of hydrogen-bond acceptors (Lipinski definition) is 4. The molecule has 0 atom stereocenters. The molecule has 0 saturated carbocycles. The average molecular weight is 393 g/mol. The van der Waals surface area contributed by atoms with Gasteiger partial charge in [-0.05, 0) is 48.9 Å². The van der Waals surface area contributed by atoms with Crippen LogP contribution in [0.2, 0.25) is 0 Å². The summed E-state index contributed by atoms with van der Waals surface area (Å²) >= 11 is 0. The van der Waals surface area contributed by atoms with Gasteiger partial charge < -0.3 is 10.1 Å². The SMILES string of the molecule is Cc1ccc(NC(=O)/C(C#N)=C/c2ccc(OCc3ccccc3C#N)cc2)cc1. The molecule has 30 heavy (non-hydrogen) atoms. The molecule has 0 aliphatic heterocycles. The number of anilines is 1. The van der Waals surface area contributed by atoms with Gasteiger partial charge in [0.25, 0.3) is 5.91 Å². The minimum absolute atomic E-state index is 0.00666. The third-order valence-corrected chi connectivity index (χ3v) is 4.40. The van der Waals surface area contributed by atoms with Crippen LogP contribution < -0.4 is 10.1 Å². The Bertz CT molecular complexity index is 1150. The molecule has 0 fully saturated rings. The third-order valence-electron chi connectivity index (χ3n) is 4.40. The number of nitrogens with zero attached hydrogens (tertiary/aromatic N) is 2. The van der Waals surface area contributed by atoms with Crippen molar-refractivity contribution in [2.24, 2.45) is 0 Å². The lowest BCUT2D eigenvalue weighted by atomic mass is 10.1. The van der Waals surface area contributed by atoms with Crippen LogP contribution in [0.15, 0.2) is 78.4 Å². The van der Waals surface area contributed by atoms with Gasteiger partial charge in [0.05, 0.1) is 11.6 Å². The summed E-state index contributed by atoms with van der Waals surface area (Å²) in [6, 6.07) is 25.8. The summed E-state index contributed by atoms with van der Waals surface area (Å²) < 4.78 is 5.74. The van der Waals surface area contributed by atoms with E-state index in [1.54, 1.807) is 42.5 Å². The van der Waals surface area contributed by atoms with Crippen LogP contribution in [0, 0.1) is 29.6 Å². The number of aryl methyl sites for hydroxylation is 1. The summed E-state index contributed by atoms with van der Waals surface area (Å²) in [4.78, 5) is 12.4. The van der Waals surface area contributed by atoms with Gasteiger partial charge in [-0.3, -0.25) is 4.79 Å². The molecule has 0 spiro atoms. The Morgan fingerprint density at radius 1 is 1.00 bits per heavy atom. The predicted octanol–water partition coefficient (Wildman–Crippen LogP) is 4.99. The van der Waals surface area contributed by atoms with Crippen LogP contribution in [0.3, 0.4) is 0 Å². The van der Waals surface area contributed by atoms with Crippen LogP contribution in [-0.2, 0) is 11.4 Å². The molecule has 1 N–H and O–H groups in total. The Kier molecular flexibility index (Phi) is 6.61. The van der Waals surface area contributed by atoms with Gasteiger partial charge in [-0.2, -0.15) is 10.5 Å². The number of ether oxygens (including phenoxy) is 1. The van der Waals surface area contributed by atoms with Crippen molar-refractivity contribution < 1.29 is 9.53 Å². The molecule has 0 aliphatic carbocycles. The summed E-state index contributed by atoms with van der Waals surface area (Å²) in [5.74, 6) is 0.164. The van der Waals surface area contributed by atoms with E-state index in [-0.39, 0.29) is 12.2 Å². The lowest BCUT2D eigenvalue weighted by Gasteiger charge is -2.08. The largest absolute Gasteiger partial charge is 0.489 e. The maximum Gasteiger partial charge on any atom is 0.266 e. The van der Waals surface area contributed by atoms with Crippen molar-refractivity contribution in [2.45, 2.75) is 13.5 Å². The number of carbonyl (C=O) groups is 1. The van der Waals surface area contributed by atoms with Gasteiger partial charge in [0.2, 0.25) is 0 Å². The first-order chi connectivity index (χ1) is 14.6. The number of rotatable bonds is 6. The van der Waals surface area contributed by atoms with E-state index in [1.807, 2.05) is 43.3 Å². The van der Waals surface area contributed by atoms with Crippen molar-refractivity contribution in [3.05, 3.63) is 101 Å². The highest BCUT2D eigenvalue weighted by molar-refractivity contribution is 6.09.